The van der Waals surface area contributed by atoms with E-state index in [2.05, 4.69) is 5.32 Å². The number of carbonyl (C=O) groups is 1. The molecule has 8 heteroatoms. The number of hydrogen-bond donors (Lipinski definition) is 1. The van der Waals surface area contributed by atoms with Gasteiger partial charge in [-0.1, -0.05) is 18.2 Å². The molecule has 2 aromatic carbocycles. The number of anilines is 2. The first-order chi connectivity index (χ1) is 11.3. The molecular weight excluding hydrogens is 338 g/mol. The van der Waals surface area contributed by atoms with Gasteiger partial charge >= 0.3 is 5.76 Å². The predicted octanol–water partition coefficient (Wildman–Crippen LogP) is 2.76. The molecule has 0 heterocycles. The van der Waals surface area contributed by atoms with Gasteiger partial charge in [-0.2, -0.15) is 8.78 Å². The van der Waals surface area contributed by atoms with E-state index in [1.807, 2.05) is 30.3 Å². The lowest BCUT2D eigenvalue weighted by Crippen LogP contribution is -2.29. The number of hydrogen-bond acceptors (Lipinski definition) is 4. The molecule has 2 rings (SSSR count). The Bertz CT molecular complexity index is 794. The third kappa shape index (κ3) is 4.29. The van der Waals surface area contributed by atoms with Crippen molar-refractivity contribution < 1.29 is 22.0 Å². The molecule has 5 nitrogen and oxygen atoms in total. The molecule has 0 saturated carbocycles. The monoisotopic (exact) mass is 354 g/mol. The number of likely N-dealkylation sites (N-methyl/N-ethyl adjacent to an activating group) is 1. The average molecular weight is 354 g/mol. The zero-order valence-corrected chi connectivity index (χ0v) is 13.6. The largest absolute Gasteiger partial charge is 0.365 e. The first kappa shape index (κ1) is 17.9. The summed E-state index contributed by atoms with van der Waals surface area (Å²) in [5, 5.41) is 2.59. The maximum Gasteiger partial charge on any atom is 0.341 e. The van der Waals surface area contributed by atoms with Crippen LogP contribution in [0.2, 0.25) is 0 Å². The van der Waals surface area contributed by atoms with Gasteiger partial charge in [-0.15, -0.1) is 0 Å². The average Bonchev–Trinajstić information content (AvgIpc) is 2.56. The Labute approximate surface area is 138 Å². The minimum atomic E-state index is -4.63. The molecule has 0 radical (unpaired) electrons. The van der Waals surface area contributed by atoms with Crippen molar-refractivity contribution in [2.75, 3.05) is 23.8 Å². The number of benzene rings is 2. The molecule has 0 bridgehead atoms. The summed E-state index contributed by atoms with van der Waals surface area (Å²) < 4.78 is 47.5. The molecule has 0 spiro atoms. The number of para-hydroxylation sites is 1. The second-order valence-corrected chi connectivity index (χ2v) is 6.99. The third-order valence-electron chi connectivity index (χ3n) is 3.28. The number of nitrogens with one attached hydrogen (secondary N) is 1. The molecule has 0 fully saturated rings. The van der Waals surface area contributed by atoms with Gasteiger partial charge in [-0.25, -0.2) is 8.42 Å². The molecule has 1 N–H and O–H groups in total. The number of alkyl halides is 2. The van der Waals surface area contributed by atoms with Crippen molar-refractivity contribution >= 4 is 27.1 Å². The summed E-state index contributed by atoms with van der Waals surface area (Å²) in [4.78, 5) is 13.2. The molecule has 0 atom stereocenters. The second-order valence-electron chi connectivity index (χ2n) is 5.07. The Kier molecular flexibility index (Phi) is 5.50. The van der Waals surface area contributed by atoms with Crippen LogP contribution < -0.4 is 10.2 Å². The van der Waals surface area contributed by atoms with Crippen LogP contribution in [0.4, 0.5) is 20.2 Å². The van der Waals surface area contributed by atoms with Crippen molar-refractivity contribution in [3.8, 4) is 0 Å². The van der Waals surface area contributed by atoms with Crippen LogP contribution in [0, 0.1) is 0 Å². The van der Waals surface area contributed by atoms with Crippen LogP contribution in [0.3, 0.4) is 0 Å². The summed E-state index contributed by atoms with van der Waals surface area (Å²) >= 11 is 0. The van der Waals surface area contributed by atoms with Gasteiger partial charge < -0.3 is 10.2 Å². The molecule has 0 aliphatic rings. The highest BCUT2D eigenvalue weighted by Gasteiger charge is 2.26. The van der Waals surface area contributed by atoms with Crippen LogP contribution in [-0.2, 0) is 14.6 Å². The van der Waals surface area contributed by atoms with E-state index in [0.29, 0.717) is 5.69 Å². The molecule has 0 aliphatic heterocycles. The van der Waals surface area contributed by atoms with Crippen molar-refractivity contribution in [3.05, 3.63) is 54.6 Å². The molecule has 0 unspecified atom stereocenters. The molecular formula is C16H16F2N2O3S. The van der Waals surface area contributed by atoms with Crippen LogP contribution in [0.25, 0.3) is 0 Å². The van der Waals surface area contributed by atoms with Crippen LogP contribution in [0.15, 0.2) is 59.5 Å². The Morgan fingerprint density at radius 3 is 2.21 bits per heavy atom. The van der Waals surface area contributed by atoms with Gasteiger partial charge in [0, 0.05) is 18.4 Å². The van der Waals surface area contributed by atoms with E-state index in [-0.39, 0.29) is 12.5 Å². The normalized spacial score (nSPS) is 11.3. The van der Waals surface area contributed by atoms with Crippen molar-refractivity contribution in [1.29, 1.82) is 0 Å². The van der Waals surface area contributed by atoms with Crippen LogP contribution in [0.5, 0.6) is 0 Å². The fourth-order valence-corrected chi connectivity index (χ4v) is 2.74. The molecule has 128 valence electrons. The lowest BCUT2D eigenvalue weighted by atomic mass is 10.3. The summed E-state index contributed by atoms with van der Waals surface area (Å²) in [6.07, 6.45) is 0. The fraction of sp³-hybridized carbons (Fsp3) is 0.188. The van der Waals surface area contributed by atoms with E-state index >= 15 is 0 Å². The molecule has 1 amide bonds. The van der Waals surface area contributed by atoms with E-state index in [0.717, 1.165) is 17.8 Å². The number of halogens is 2. The first-order valence-electron chi connectivity index (χ1n) is 6.99. The summed E-state index contributed by atoms with van der Waals surface area (Å²) in [5.41, 5.74) is 1.20. The van der Waals surface area contributed by atoms with Gasteiger partial charge in [0.2, 0.25) is 15.7 Å². The minimum absolute atomic E-state index is 0.0844. The van der Waals surface area contributed by atoms with Gasteiger partial charge in [-0.3, -0.25) is 4.79 Å². The number of sulfone groups is 1. The Balaban J connectivity index is 2.00. The summed E-state index contributed by atoms with van der Waals surface area (Å²) in [6, 6.07) is 13.9. The Morgan fingerprint density at radius 2 is 1.67 bits per heavy atom. The third-order valence-corrected chi connectivity index (χ3v) is 4.68. The van der Waals surface area contributed by atoms with Crippen LogP contribution >= 0.6 is 0 Å². The minimum Gasteiger partial charge on any atom is -0.365 e. The Morgan fingerprint density at radius 1 is 1.08 bits per heavy atom. The van der Waals surface area contributed by atoms with Gasteiger partial charge in [0.15, 0.2) is 0 Å². The number of carbonyl (C=O) groups excluding carboxylic acids is 1. The highest BCUT2D eigenvalue weighted by atomic mass is 32.2. The SMILES string of the molecule is CN(CC(=O)Nc1ccc(S(=O)(=O)C(F)F)cc1)c1ccccc1. The second kappa shape index (κ2) is 7.39. The van der Waals surface area contributed by atoms with Gasteiger partial charge in [0.05, 0.1) is 11.4 Å². The van der Waals surface area contributed by atoms with Crippen molar-refractivity contribution in [2.45, 2.75) is 10.7 Å². The van der Waals surface area contributed by atoms with Crippen LogP contribution in [0.1, 0.15) is 0 Å². The maximum atomic E-state index is 12.5. The first-order valence-corrected chi connectivity index (χ1v) is 8.53. The van der Waals surface area contributed by atoms with Crippen LogP contribution in [-0.4, -0.2) is 33.7 Å². The van der Waals surface area contributed by atoms with Gasteiger partial charge in [0.1, 0.15) is 0 Å². The van der Waals surface area contributed by atoms with Gasteiger partial charge in [-0.05, 0) is 36.4 Å². The molecule has 0 aromatic heterocycles. The van der Waals surface area contributed by atoms with E-state index in [4.69, 9.17) is 0 Å². The number of amides is 1. The van der Waals surface area contributed by atoms with E-state index in [1.165, 1.54) is 12.1 Å². The maximum absolute atomic E-state index is 12.5. The van der Waals surface area contributed by atoms with E-state index < -0.39 is 20.5 Å². The molecule has 0 saturated heterocycles. The molecule has 2 aromatic rings. The lowest BCUT2D eigenvalue weighted by molar-refractivity contribution is -0.114. The van der Waals surface area contributed by atoms with Crippen molar-refractivity contribution in [3.63, 3.8) is 0 Å². The highest BCUT2D eigenvalue weighted by Crippen LogP contribution is 2.20. The predicted molar refractivity (Wildman–Crippen MR) is 88.0 cm³/mol. The number of nitrogens with zero attached hydrogens (tertiary/aromatic N) is 1. The topological polar surface area (TPSA) is 66.5 Å². The quantitative estimate of drug-likeness (QED) is 0.866. The van der Waals surface area contributed by atoms with Crippen molar-refractivity contribution in [1.82, 2.24) is 0 Å². The molecule has 0 aliphatic carbocycles. The smallest absolute Gasteiger partial charge is 0.341 e. The van der Waals surface area contributed by atoms with E-state index in [9.17, 15) is 22.0 Å². The Hall–Kier alpha value is -2.48. The van der Waals surface area contributed by atoms with E-state index in [1.54, 1.807) is 11.9 Å². The highest BCUT2D eigenvalue weighted by molar-refractivity contribution is 7.91. The summed E-state index contributed by atoms with van der Waals surface area (Å²) in [7, 11) is -2.87. The number of rotatable bonds is 6. The summed E-state index contributed by atoms with van der Waals surface area (Å²) in [6.45, 7) is 0.0844. The zero-order chi connectivity index (χ0) is 17.7. The van der Waals surface area contributed by atoms with Crippen molar-refractivity contribution in [2.24, 2.45) is 0 Å². The lowest BCUT2D eigenvalue weighted by Gasteiger charge is -2.18. The fourth-order valence-electron chi connectivity index (χ4n) is 2.02. The standard InChI is InChI=1S/C16H16F2N2O3S/c1-20(13-5-3-2-4-6-13)11-15(21)19-12-7-9-14(10-8-12)24(22,23)16(17)18/h2-10,16H,11H2,1H3,(H,19,21). The van der Waals surface area contributed by atoms with Gasteiger partial charge in [0.25, 0.3) is 0 Å². The summed E-state index contributed by atoms with van der Waals surface area (Å²) in [5.74, 6) is -3.79. The zero-order valence-electron chi connectivity index (χ0n) is 12.8. The molecule has 24 heavy (non-hydrogen) atoms.